The fourth-order valence-electron chi connectivity index (χ4n) is 1.22. The van der Waals surface area contributed by atoms with E-state index in [2.05, 4.69) is 31.0 Å². The van der Waals surface area contributed by atoms with Crippen molar-refractivity contribution in [3.63, 3.8) is 0 Å². The average Bonchev–Trinajstić information content (AvgIpc) is 2.21. The summed E-state index contributed by atoms with van der Waals surface area (Å²) in [6, 6.07) is 10.2. The van der Waals surface area contributed by atoms with Crippen molar-refractivity contribution in [3.8, 4) is 0 Å². The highest BCUT2D eigenvalue weighted by molar-refractivity contribution is 5.64. The largest absolute Gasteiger partial charge is 0.125 e. The summed E-state index contributed by atoms with van der Waals surface area (Å²) < 4.78 is 0. The van der Waals surface area contributed by atoms with E-state index in [-0.39, 0.29) is 0 Å². The highest BCUT2D eigenvalue weighted by Gasteiger charge is 1.97. The first kappa shape index (κ1) is 9.57. The molecule has 0 aliphatic rings. The molecule has 0 saturated heterocycles. The normalized spacial score (nSPS) is 8.92. The minimum Gasteiger partial charge on any atom is -0.125 e. The summed E-state index contributed by atoms with van der Waals surface area (Å²) in [4.78, 5) is 0. The van der Waals surface area contributed by atoms with Crippen LogP contribution in [0, 0.1) is 0 Å². The van der Waals surface area contributed by atoms with E-state index in [0.29, 0.717) is 0 Å². The molecule has 1 rings (SSSR count). The third kappa shape index (κ3) is 2.77. The van der Waals surface area contributed by atoms with Crippen LogP contribution in [0.2, 0.25) is 0 Å². The molecule has 0 nitrogen and oxygen atoms in total. The van der Waals surface area contributed by atoms with Crippen molar-refractivity contribution >= 4 is 5.57 Å². The molecule has 0 saturated carbocycles. The number of hydrogen-bond acceptors (Lipinski definition) is 0. The molecule has 0 bridgehead atoms. The Morgan fingerprint density at radius 3 is 2.54 bits per heavy atom. The van der Waals surface area contributed by atoms with Crippen LogP contribution >= 0.6 is 0 Å². The fraction of sp³-hybridized carbons (Fsp3) is 0.154. The number of allylic oxidation sites excluding steroid dienone is 2. The molecule has 0 aliphatic carbocycles. The Hall–Kier alpha value is -1.52. The van der Waals surface area contributed by atoms with E-state index >= 15 is 0 Å². The molecule has 0 unspecified atom stereocenters. The second kappa shape index (κ2) is 5.18. The molecule has 13 heavy (non-hydrogen) atoms. The summed E-state index contributed by atoms with van der Waals surface area (Å²) in [5.74, 6) is 0. The molecule has 0 heteroatoms. The van der Waals surface area contributed by atoms with Gasteiger partial charge >= 0.3 is 0 Å². The Morgan fingerprint density at radius 1 is 1.31 bits per heavy atom. The average molecular weight is 170 g/mol. The van der Waals surface area contributed by atoms with Crippen LogP contribution in [0.5, 0.6) is 0 Å². The van der Waals surface area contributed by atoms with Crippen molar-refractivity contribution in [3.05, 3.63) is 60.9 Å². The predicted octanol–water partition coefficient (Wildman–Crippen LogP) is 3.82. The zero-order valence-corrected chi connectivity index (χ0v) is 7.79. The van der Waals surface area contributed by atoms with E-state index in [0.717, 1.165) is 12.8 Å². The van der Waals surface area contributed by atoms with Crippen molar-refractivity contribution in [2.24, 2.45) is 0 Å². The zero-order valence-electron chi connectivity index (χ0n) is 7.79. The Kier molecular flexibility index (Phi) is 3.81. The maximum Gasteiger partial charge on any atom is 0.000888 e. The van der Waals surface area contributed by atoms with Gasteiger partial charge in [-0.15, -0.1) is 12.3 Å². The van der Waals surface area contributed by atoms with Crippen molar-refractivity contribution < 1.29 is 0 Å². The second-order valence-electron chi connectivity index (χ2n) is 2.85. The molecule has 1 aromatic rings. The van der Waals surface area contributed by atoms with Crippen molar-refractivity contribution in [2.45, 2.75) is 12.8 Å². The third-order valence-corrected chi connectivity index (χ3v) is 1.93. The lowest BCUT2D eigenvalue weighted by molar-refractivity contribution is 1.07. The van der Waals surface area contributed by atoms with Gasteiger partial charge in [0.1, 0.15) is 0 Å². The Labute approximate surface area is 79.9 Å². The van der Waals surface area contributed by atoms with Crippen LogP contribution in [0.4, 0.5) is 0 Å². The molecule has 0 spiro atoms. The first-order chi connectivity index (χ1) is 6.38. The van der Waals surface area contributed by atoms with Crippen molar-refractivity contribution in [2.75, 3.05) is 0 Å². The summed E-state index contributed by atoms with van der Waals surface area (Å²) >= 11 is 0. The van der Waals surface area contributed by atoms with Gasteiger partial charge in [0.25, 0.3) is 0 Å². The highest BCUT2D eigenvalue weighted by Crippen LogP contribution is 2.17. The van der Waals surface area contributed by atoms with Gasteiger partial charge in [0.15, 0.2) is 0 Å². The molecule has 1 aromatic carbocycles. The maximum atomic E-state index is 3.70. The van der Waals surface area contributed by atoms with Gasteiger partial charge < -0.3 is 0 Å². The first-order valence-corrected chi connectivity index (χ1v) is 4.43. The summed E-state index contributed by atoms with van der Waals surface area (Å²) in [6.45, 7) is 7.39. The quantitative estimate of drug-likeness (QED) is 0.476. The monoisotopic (exact) mass is 170 g/mol. The van der Waals surface area contributed by atoms with Crippen LogP contribution in [-0.2, 0) is 0 Å². The molecule has 0 aliphatic heterocycles. The van der Waals surface area contributed by atoms with E-state index in [9.17, 15) is 0 Å². The lowest BCUT2D eigenvalue weighted by atomic mass is 10.0. The molecular formula is C13H14. The fourth-order valence-corrected chi connectivity index (χ4v) is 1.22. The van der Waals surface area contributed by atoms with E-state index < -0.39 is 0 Å². The molecule has 66 valence electrons. The summed E-state index contributed by atoms with van der Waals surface area (Å²) in [6.07, 6.45) is 3.87. The van der Waals surface area contributed by atoms with Crippen LogP contribution in [0.15, 0.2) is 55.3 Å². The SMILES string of the molecule is C=C=C(CCC=C)c1ccccc1. The van der Waals surface area contributed by atoms with E-state index in [1.165, 1.54) is 11.1 Å². The van der Waals surface area contributed by atoms with Gasteiger partial charge in [0, 0.05) is 5.57 Å². The molecule has 0 aromatic heterocycles. The standard InChI is InChI=1S/C13H14/c1-3-5-9-12(4-2)13-10-7-6-8-11-13/h3,6-8,10-11H,1-2,5,9H2. The van der Waals surface area contributed by atoms with E-state index in [4.69, 9.17) is 0 Å². The number of benzene rings is 1. The Morgan fingerprint density at radius 2 is 2.00 bits per heavy atom. The molecule has 0 radical (unpaired) electrons. The van der Waals surface area contributed by atoms with Crippen LogP contribution in [0.1, 0.15) is 18.4 Å². The van der Waals surface area contributed by atoms with Gasteiger partial charge in [-0.05, 0) is 18.4 Å². The second-order valence-corrected chi connectivity index (χ2v) is 2.85. The minimum absolute atomic E-state index is 0.969. The van der Waals surface area contributed by atoms with Crippen LogP contribution < -0.4 is 0 Å². The Balaban J connectivity index is 2.80. The van der Waals surface area contributed by atoms with Crippen LogP contribution in [-0.4, -0.2) is 0 Å². The van der Waals surface area contributed by atoms with Gasteiger partial charge in [-0.1, -0.05) is 43.0 Å². The lowest BCUT2D eigenvalue weighted by Gasteiger charge is -2.02. The predicted molar refractivity (Wildman–Crippen MR) is 58.4 cm³/mol. The topological polar surface area (TPSA) is 0 Å². The van der Waals surface area contributed by atoms with Crippen molar-refractivity contribution in [1.82, 2.24) is 0 Å². The van der Waals surface area contributed by atoms with E-state index in [1.54, 1.807) is 0 Å². The van der Waals surface area contributed by atoms with Gasteiger partial charge in [0.2, 0.25) is 0 Å². The summed E-state index contributed by atoms with van der Waals surface area (Å²) in [5, 5.41) is 0. The molecule has 0 heterocycles. The van der Waals surface area contributed by atoms with Gasteiger partial charge in [-0.25, -0.2) is 0 Å². The highest BCUT2D eigenvalue weighted by atomic mass is 14.0. The lowest BCUT2D eigenvalue weighted by Crippen LogP contribution is -1.81. The third-order valence-electron chi connectivity index (χ3n) is 1.93. The van der Waals surface area contributed by atoms with Crippen LogP contribution in [0.25, 0.3) is 5.57 Å². The van der Waals surface area contributed by atoms with E-state index in [1.807, 2.05) is 24.3 Å². The Bertz CT molecular complexity index is 313. The molecule has 0 amide bonds. The van der Waals surface area contributed by atoms with Gasteiger partial charge in [-0.3, -0.25) is 0 Å². The summed E-state index contributed by atoms with van der Waals surface area (Å²) in [7, 11) is 0. The van der Waals surface area contributed by atoms with Crippen molar-refractivity contribution in [1.29, 1.82) is 0 Å². The van der Waals surface area contributed by atoms with Gasteiger partial charge in [0.05, 0.1) is 0 Å². The zero-order chi connectivity index (χ0) is 9.52. The molecule has 0 fully saturated rings. The summed E-state index contributed by atoms with van der Waals surface area (Å²) in [5.41, 5.74) is 5.35. The molecule has 0 N–H and O–H groups in total. The maximum absolute atomic E-state index is 3.70. The van der Waals surface area contributed by atoms with Gasteiger partial charge in [-0.2, -0.15) is 0 Å². The smallest absolute Gasteiger partial charge is 0.000888 e. The minimum atomic E-state index is 0.969. The number of hydrogen-bond donors (Lipinski definition) is 0. The number of rotatable bonds is 4. The first-order valence-electron chi connectivity index (χ1n) is 4.43. The molecule has 0 atom stereocenters. The molecular weight excluding hydrogens is 156 g/mol. The van der Waals surface area contributed by atoms with Crippen LogP contribution in [0.3, 0.4) is 0 Å².